The summed E-state index contributed by atoms with van der Waals surface area (Å²) in [7, 11) is 0. The molecular weight excluding hydrogens is 378 g/mol. The molecule has 3 aromatic rings. The lowest BCUT2D eigenvalue weighted by Gasteiger charge is -2.21. The Labute approximate surface area is 165 Å². The highest BCUT2D eigenvalue weighted by Crippen LogP contribution is 2.35. The summed E-state index contributed by atoms with van der Waals surface area (Å²) in [6.07, 6.45) is 1.28. The molecule has 0 saturated carbocycles. The van der Waals surface area contributed by atoms with Crippen LogP contribution < -0.4 is 20.1 Å². The monoisotopic (exact) mass is 395 g/mol. The van der Waals surface area contributed by atoms with Crippen molar-refractivity contribution in [2.45, 2.75) is 13.8 Å². The molecule has 2 N–H and O–H groups in total. The quantitative estimate of drug-likeness (QED) is 0.518. The molecule has 2 amide bonds. The van der Waals surface area contributed by atoms with Crippen molar-refractivity contribution in [1.82, 2.24) is 14.8 Å². The molecule has 0 aliphatic carbocycles. The summed E-state index contributed by atoms with van der Waals surface area (Å²) >= 11 is 0. The van der Waals surface area contributed by atoms with Crippen LogP contribution in [0.25, 0.3) is 5.69 Å². The number of aromatic nitrogens is 3. The Morgan fingerprint density at radius 1 is 0.966 bits per heavy atom. The van der Waals surface area contributed by atoms with Gasteiger partial charge in [-0.3, -0.25) is 9.59 Å². The van der Waals surface area contributed by atoms with Crippen molar-refractivity contribution < 1.29 is 23.9 Å². The van der Waals surface area contributed by atoms with Crippen molar-refractivity contribution in [1.29, 1.82) is 0 Å². The van der Waals surface area contributed by atoms with Crippen molar-refractivity contribution >= 4 is 29.6 Å². The van der Waals surface area contributed by atoms with Gasteiger partial charge in [0.1, 0.15) is 6.33 Å². The first-order valence-electron chi connectivity index (χ1n) is 8.42. The van der Waals surface area contributed by atoms with Crippen LogP contribution in [0.2, 0.25) is 0 Å². The Kier molecular flexibility index (Phi) is 5.54. The predicted molar refractivity (Wildman–Crippen MR) is 102 cm³/mol. The van der Waals surface area contributed by atoms with Crippen LogP contribution in [-0.4, -0.2) is 32.7 Å². The van der Waals surface area contributed by atoms with E-state index in [2.05, 4.69) is 10.1 Å². The summed E-state index contributed by atoms with van der Waals surface area (Å²) in [5.41, 5.74) is 6.48. The van der Waals surface area contributed by atoms with E-state index in [1.807, 2.05) is 18.2 Å². The maximum atomic E-state index is 12.3. The van der Waals surface area contributed by atoms with E-state index in [0.717, 1.165) is 4.90 Å². The molecule has 0 fully saturated rings. The van der Waals surface area contributed by atoms with Crippen molar-refractivity contribution in [2.75, 3.05) is 4.90 Å². The number of carbonyl (C=O) groups excluding carboxylic acids is 3. The van der Waals surface area contributed by atoms with Crippen LogP contribution in [0.15, 0.2) is 54.9 Å². The van der Waals surface area contributed by atoms with Crippen molar-refractivity contribution in [3.05, 3.63) is 54.9 Å². The Morgan fingerprint density at radius 2 is 1.62 bits per heavy atom. The second-order valence-electron chi connectivity index (χ2n) is 5.80. The highest BCUT2D eigenvalue weighted by molar-refractivity contribution is 5.97. The van der Waals surface area contributed by atoms with Crippen LogP contribution >= 0.6 is 0 Å². The Hall–Kier alpha value is -4.21. The maximum Gasteiger partial charge on any atom is 0.326 e. The third kappa shape index (κ3) is 4.38. The first kappa shape index (κ1) is 19.5. The number of amides is 2. The lowest BCUT2D eigenvalue weighted by atomic mass is 10.2. The minimum Gasteiger partial charge on any atom is -0.423 e. The topological polar surface area (TPSA) is 130 Å². The van der Waals surface area contributed by atoms with Gasteiger partial charge in [0.2, 0.25) is 5.95 Å². The molecule has 0 radical (unpaired) electrons. The largest absolute Gasteiger partial charge is 0.423 e. The normalized spacial score (nSPS) is 10.3. The second-order valence-corrected chi connectivity index (χ2v) is 5.80. The number of nitrogens with zero attached hydrogens (tertiary/aromatic N) is 4. The zero-order valence-corrected chi connectivity index (χ0v) is 15.6. The summed E-state index contributed by atoms with van der Waals surface area (Å²) in [5, 5.41) is 4.14. The van der Waals surface area contributed by atoms with Crippen LogP contribution in [0.1, 0.15) is 13.8 Å². The van der Waals surface area contributed by atoms with Crippen LogP contribution in [0.5, 0.6) is 11.5 Å². The number of hydrogen-bond acceptors (Lipinski definition) is 7. The summed E-state index contributed by atoms with van der Waals surface area (Å²) in [5.74, 6) is -1.14. The molecule has 0 spiro atoms. The lowest BCUT2D eigenvalue weighted by Crippen LogP contribution is -2.33. The molecule has 0 aliphatic rings. The van der Waals surface area contributed by atoms with Crippen LogP contribution in [-0.2, 0) is 9.59 Å². The highest BCUT2D eigenvalue weighted by Gasteiger charge is 2.24. The average Bonchev–Trinajstić information content (AvgIpc) is 3.13. The molecular formula is C19H17N5O5. The molecule has 0 unspecified atom stereocenters. The average molecular weight is 395 g/mol. The fourth-order valence-electron chi connectivity index (χ4n) is 2.59. The molecule has 3 rings (SSSR count). The minimum absolute atomic E-state index is 0.0189. The van der Waals surface area contributed by atoms with Gasteiger partial charge in [-0.05, 0) is 24.3 Å². The maximum absolute atomic E-state index is 12.3. The number of para-hydroxylation sites is 1. The number of rotatable bonds is 5. The highest BCUT2D eigenvalue weighted by atomic mass is 16.6. The van der Waals surface area contributed by atoms with E-state index in [1.54, 1.807) is 12.1 Å². The molecule has 1 heterocycles. The number of nitrogens with two attached hydrogens (primary N) is 1. The summed E-state index contributed by atoms with van der Waals surface area (Å²) < 4.78 is 11.6. The first-order chi connectivity index (χ1) is 13.9. The molecule has 10 nitrogen and oxygen atoms in total. The molecule has 2 aromatic carbocycles. The van der Waals surface area contributed by atoms with E-state index in [0.29, 0.717) is 5.69 Å². The van der Waals surface area contributed by atoms with E-state index in [-0.39, 0.29) is 23.1 Å². The number of primary amides is 1. The number of ether oxygens (including phenoxy) is 2. The minimum atomic E-state index is -0.843. The molecule has 29 heavy (non-hydrogen) atoms. The van der Waals surface area contributed by atoms with Gasteiger partial charge in [-0.2, -0.15) is 14.8 Å². The Balaban J connectivity index is 2.09. The van der Waals surface area contributed by atoms with Gasteiger partial charge in [-0.25, -0.2) is 9.69 Å². The van der Waals surface area contributed by atoms with Crippen molar-refractivity contribution in [3.8, 4) is 17.2 Å². The van der Waals surface area contributed by atoms with E-state index < -0.39 is 18.0 Å². The van der Waals surface area contributed by atoms with Gasteiger partial charge in [0.15, 0.2) is 11.5 Å². The number of benzene rings is 2. The van der Waals surface area contributed by atoms with Gasteiger partial charge in [-0.15, -0.1) is 0 Å². The summed E-state index contributed by atoms with van der Waals surface area (Å²) in [4.78, 5) is 40.2. The van der Waals surface area contributed by atoms with Gasteiger partial charge in [-0.1, -0.05) is 18.2 Å². The number of carbonyl (C=O) groups is 3. The fourth-order valence-corrected chi connectivity index (χ4v) is 2.59. The zero-order chi connectivity index (χ0) is 21.0. The van der Waals surface area contributed by atoms with Crippen molar-refractivity contribution in [2.24, 2.45) is 5.73 Å². The van der Waals surface area contributed by atoms with E-state index in [4.69, 9.17) is 15.2 Å². The molecule has 1 aromatic heterocycles. The smallest absolute Gasteiger partial charge is 0.326 e. The van der Waals surface area contributed by atoms with E-state index in [9.17, 15) is 14.4 Å². The molecule has 0 atom stereocenters. The van der Waals surface area contributed by atoms with Gasteiger partial charge in [0, 0.05) is 19.9 Å². The van der Waals surface area contributed by atoms with E-state index in [1.165, 1.54) is 43.1 Å². The van der Waals surface area contributed by atoms with Crippen LogP contribution in [0, 0.1) is 0 Å². The van der Waals surface area contributed by atoms with E-state index >= 15 is 0 Å². The van der Waals surface area contributed by atoms with Gasteiger partial charge < -0.3 is 15.2 Å². The third-order valence-corrected chi connectivity index (χ3v) is 3.64. The first-order valence-corrected chi connectivity index (χ1v) is 8.42. The van der Waals surface area contributed by atoms with Gasteiger partial charge in [0.05, 0.1) is 11.4 Å². The summed E-state index contributed by atoms with van der Waals surface area (Å²) in [6, 6.07) is 12.4. The second kappa shape index (κ2) is 8.21. The number of hydrogen-bond donors (Lipinski definition) is 1. The lowest BCUT2D eigenvalue weighted by molar-refractivity contribution is -0.134. The van der Waals surface area contributed by atoms with Crippen molar-refractivity contribution in [3.63, 3.8) is 0 Å². The summed E-state index contributed by atoms with van der Waals surface area (Å²) in [6.45, 7) is 2.41. The predicted octanol–water partition coefficient (Wildman–Crippen LogP) is 2.33. The third-order valence-electron chi connectivity index (χ3n) is 3.64. The van der Waals surface area contributed by atoms with Crippen LogP contribution in [0.3, 0.4) is 0 Å². The standard InChI is InChI=1S/C19H17N5O5/c1-12(25)28-16-9-8-15(10-17(16)29-13(2)26)23(18(20)27)19-21-11-22-24(19)14-6-4-3-5-7-14/h3-11H,1-2H3,(H2,20,27). The van der Waals surface area contributed by atoms with Crippen LogP contribution in [0.4, 0.5) is 16.4 Å². The van der Waals surface area contributed by atoms with Gasteiger partial charge in [0.25, 0.3) is 0 Å². The fraction of sp³-hybridized carbons (Fsp3) is 0.105. The van der Waals surface area contributed by atoms with Gasteiger partial charge >= 0.3 is 18.0 Å². The number of urea groups is 1. The molecule has 148 valence electrons. The SMILES string of the molecule is CC(=O)Oc1ccc(N(C(N)=O)c2ncnn2-c2ccccc2)cc1OC(C)=O. The number of esters is 2. The Bertz CT molecular complexity index is 1060. The molecule has 0 saturated heterocycles. The zero-order valence-electron chi connectivity index (χ0n) is 15.6. The Morgan fingerprint density at radius 3 is 2.24 bits per heavy atom. The molecule has 0 aliphatic heterocycles. The molecule has 0 bridgehead atoms. The number of anilines is 2. The molecule has 10 heteroatoms.